The fourth-order valence-corrected chi connectivity index (χ4v) is 16.9. The van der Waals surface area contributed by atoms with Crippen molar-refractivity contribution in [3.63, 3.8) is 0 Å². The lowest BCUT2D eigenvalue weighted by molar-refractivity contribution is -0.334. The fraction of sp³-hybridized carbons (Fsp3) is 0.465. The number of carbonyl (C=O) groups excluding carboxylic acids is 10. The third kappa shape index (κ3) is 23.7. The number of halogens is 5. The van der Waals surface area contributed by atoms with Gasteiger partial charge >= 0.3 is 12.4 Å². The van der Waals surface area contributed by atoms with E-state index in [1.54, 1.807) is 25.8 Å². The summed E-state index contributed by atoms with van der Waals surface area (Å²) < 4.78 is 87.1. The number of carbonyl (C=O) groups is 10. The number of anilines is 1. The number of likely N-dealkylation sites (N-methyl/N-ethyl adjacent to an activating group) is 1. The van der Waals surface area contributed by atoms with Crippen molar-refractivity contribution in [3.8, 4) is 62.9 Å². The normalized spacial score (nSPS) is 26.8. The van der Waals surface area contributed by atoms with Crippen LogP contribution in [0.25, 0.3) is 11.1 Å². The Morgan fingerprint density at radius 3 is 1.96 bits per heavy atom. The first-order valence-electron chi connectivity index (χ1n) is 42.5. The zero-order valence-corrected chi connectivity index (χ0v) is 73.9. The van der Waals surface area contributed by atoms with Crippen molar-refractivity contribution >= 4 is 88.1 Å². The van der Waals surface area contributed by atoms with Crippen molar-refractivity contribution < 1.29 is 150 Å². The van der Waals surface area contributed by atoms with Gasteiger partial charge in [0.05, 0.1) is 54.5 Å². The van der Waals surface area contributed by atoms with Gasteiger partial charge in [0.25, 0.3) is 11.8 Å². The maximum Gasteiger partial charge on any atom is 0.573 e. The maximum atomic E-state index is 16.4. The Bertz CT molecular complexity index is 5360. The Morgan fingerprint density at radius 1 is 0.701 bits per heavy atom. The van der Waals surface area contributed by atoms with Crippen LogP contribution < -0.4 is 83.4 Å². The second-order valence-electron chi connectivity index (χ2n) is 33.4. The summed E-state index contributed by atoms with van der Waals surface area (Å²) in [6.45, 7) is 7.78. The standard InChI is InChI=1S/C86H102Cl2F3N15O28/c1-38(2)26-51(93-5)76(118)100-67-69(113)41-7-14-55(49(87)28-41)129-57-30-43-31-58(73(57)133-83-74(72(116)71(115)59(36-107)131-83)132-62-35-85(4,75(117)39(3)128-62)94-16-17-104-18-20-106(21-19-104)102-84(125)95-44-9-11-46(12-10-44)134-86(89,90)91)130-56-15-8-42(29-50(56)88)70(114)68-81(123)99-66(82(124)103-127-37-61(112)105-22-24-126-25-23-105)48-32-45(108)33-54(110)63(48)47-27-40(6-13-53(47)109)64(78(120)101-68)98-79(121)65(43)97-77(119)52(34-60(92)111)96-80(67)122/h6-15,27-33,38-39,51-52,59,62,64-72,74-75,83,93-94,107-110,113-117H,16-26,34-37H2,1-5H3,(H2,92,111)(H,96,122)(H,97,119)(H,98,121)(H,99,123)(H,100,118)(H,101,120)(H,103,124)(H2,95,102,125)/t39?,51?,52?,59?,62?,64?,65?,66-,67?,68?,69?,70?,71?,72?,74?,75?,83?,85-/m1/s1. The first-order valence-corrected chi connectivity index (χ1v) is 43.3. The van der Waals surface area contributed by atoms with E-state index in [4.69, 9.17) is 66.9 Å². The number of phenolic OH excluding ortho intramolecular Hbond substituents is 3. The van der Waals surface area contributed by atoms with Crippen LogP contribution in [-0.4, -0.2) is 291 Å². The molecule has 11 amide bonds. The molecule has 9 aliphatic rings. The summed E-state index contributed by atoms with van der Waals surface area (Å²) in [5, 5.41) is 132. The zero-order chi connectivity index (χ0) is 96.6. The highest BCUT2D eigenvalue weighted by atomic mass is 35.5. The average molecular weight is 1920 g/mol. The van der Waals surface area contributed by atoms with E-state index in [0.29, 0.717) is 32.7 Å². The quantitative estimate of drug-likeness (QED) is 0.0395. The van der Waals surface area contributed by atoms with Gasteiger partial charge in [0.15, 0.2) is 30.5 Å². The number of amides is 11. The van der Waals surface area contributed by atoms with Crippen LogP contribution in [0.15, 0.2) is 103 Å². The molecule has 11 bridgehead atoms. The molecule has 134 heavy (non-hydrogen) atoms. The predicted molar refractivity (Wildman–Crippen MR) is 460 cm³/mol. The topological polar surface area (TPSA) is 604 Å². The van der Waals surface area contributed by atoms with Crippen molar-refractivity contribution in [2.24, 2.45) is 11.7 Å². The molecule has 16 unspecified atom stereocenters. The monoisotopic (exact) mass is 1920 g/mol. The lowest BCUT2D eigenvalue weighted by atomic mass is 9.85. The number of urea groups is 1. The number of nitrogens with one attached hydrogen (secondary N) is 11. The van der Waals surface area contributed by atoms with Crippen LogP contribution in [0.1, 0.15) is 105 Å². The van der Waals surface area contributed by atoms with Crippen molar-refractivity contribution in [2.45, 2.75) is 163 Å². The number of benzene rings is 6. The molecule has 0 aliphatic carbocycles. The predicted octanol–water partition coefficient (Wildman–Crippen LogP) is 0.812. The number of ether oxygens (including phenoxy) is 8. The first-order chi connectivity index (χ1) is 63.6. The van der Waals surface area contributed by atoms with Crippen LogP contribution in [0.4, 0.5) is 23.7 Å². The Morgan fingerprint density at radius 2 is 1.34 bits per heavy atom. The highest BCUT2D eigenvalue weighted by molar-refractivity contribution is 6.32. The molecule has 0 spiro atoms. The molecule has 4 saturated heterocycles. The molecule has 0 aromatic heterocycles. The minimum atomic E-state index is -4.91. The van der Waals surface area contributed by atoms with E-state index < -0.39 is 278 Å². The zero-order valence-electron chi connectivity index (χ0n) is 72.4. The van der Waals surface area contributed by atoms with Gasteiger partial charge in [-0.1, -0.05) is 55.2 Å². The number of hydrazine groups is 1. The number of aliphatic hydroxyl groups is 6. The van der Waals surface area contributed by atoms with Gasteiger partial charge in [0.2, 0.25) is 53.4 Å². The second kappa shape index (κ2) is 42.8. The SMILES string of the molecule is CNC(CC(C)C)C(=O)NC1C(=O)NC(CC(N)=O)C(=O)NC2C(=O)NC3C(=O)NC(C(=O)N[C@@H](C(=O)NOCC(=O)N4CCOCC4)c4cc(O)cc(O)c4-c4cc3ccc4O)C(O)c3ccc(c(Cl)c3)Oc3cc2cc(c3OC2OC(CO)C(O)C(O)C2OC2C[C@@](C)(NCCN3CCN(NC(=O)Nc4ccc(OC(F)(F)F)cc4)CC3)C(O)C(C)O2)Oc2ccc(cc2Cl)C1O. The highest BCUT2D eigenvalue weighted by Gasteiger charge is 2.53. The van der Waals surface area contributed by atoms with Crippen LogP contribution in [0, 0.1) is 5.92 Å². The lowest BCUT2D eigenvalue weighted by Gasteiger charge is -2.48. The molecule has 43 nitrogen and oxygen atoms in total. The van der Waals surface area contributed by atoms with Crippen LogP contribution in [0.5, 0.6) is 51.7 Å². The van der Waals surface area contributed by atoms with Crippen LogP contribution >= 0.6 is 23.2 Å². The Labute approximate surface area is 771 Å². The van der Waals surface area contributed by atoms with Gasteiger partial charge < -0.3 is 142 Å². The van der Waals surface area contributed by atoms with E-state index >= 15 is 24.0 Å². The smallest absolute Gasteiger partial charge is 0.508 e. The number of nitrogens with two attached hydrogens (primary N) is 1. The number of phenols is 3. The van der Waals surface area contributed by atoms with Gasteiger partial charge in [0, 0.05) is 87.2 Å². The summed E-state index contributed by atoms with van der Waals surface area (Å²) >= 11 is 14.4. The molecular weight excluding hydrogens is 1820 g/mol. The molecule has 9 heterocycles. The second-order valence-corrected chi connectivity index (χ2v) is 34.2. The minimum Gasteiger partial charge on any atom is -0.508 e. The van der Waals surface area contributed by atoms with E-state index in [9.17, 15) is 83.1 Å². The molecular formula is C86H102Cl2F3N15O28. The molecule has 48 heteroatoms. The van der Waals surface area contributed by atoms with E-state index in [1.807, 2.05) is 0 Å². The summed E-state index contributed by atoms with van der Waals surface area (Å²) in [7, 11) is 1.46. The number of hydroxylamine groups is 1. The largest absolute Gasteiger partial charge is 0.573 e. The third-order valence-electron chi connectivity index (χ3n) is 23.4. The fourth-order valence-electron chi connectivity index (χ4n) is 16.4. The molecule has 6 aromatic rings. The Balaban J connectivity index is 0.902. The summed E-state index contributed by atoms with van der Waals surface area (Å²) in [6, 6.07) is 2.87. The van der Waals surface area contributed by atoms with E-state index in [-0.39, 0.29) is 74.2 Å². The van der Waals surface area contributed by atoms with Crippen LogP contribution in [-0.2, 0) is 66.9 Å². The molecule has 9 aliphatic heterocycles. The van der Waals surface area contributed by atoms with Crippen molar-refractivity contribution in [3.05, 3.63) is 141 Å². The summed E-state index contributed by atoms with van der Waals surface area (Å²) in [5.41, 5.74) is 6.52. The number of alkyl halides is 3. The lowest BCUT2D eigenvalue weighted by Crippen LogP contribution is -2.66. The van der Waals surface area contributed by atoms with Crippen molar-refractivity contribution in [1.29, 1.82) is 0 Å². The molecule has 4 fully saturated rings. The maximum absolute atomic E-state index is 16.4. The summed E-state index contributed by atoms with van der Waals surface area (Å²) in [6.07, 6.45) is -24.3. The number of nitrogens with zero attached hydrogens (tertiary/aromatic N) is 3. The molecule has 0 radical (unpaired) electrons. The van der Waals surface area contributed by atoms with Gasteiger partial charge in [-0.3, -0.25) is 58.3 Å². The Kier molecular flexibility index (Phi) is 31.8. The van der Waals surface area contributed by atoms with E-state index in [2.05, 4.69) is 68.4 Å². The number of hydrogen-bond donors (Lipinski definition) is 21. The molecule has 15 rings (SSSR count). The number of morpholine rings is 1. The van der Waals surface area contributed by atoms with Crippen molar-refractivity contribution in [1.82, 2.24) is 68.2 Å². The number of hydrogen-bond acceptors (Lipinski definition) is 32. The number of fused-ring (bicyclic) bond motifs is 15. The third-order valence-corrected chi connectivity index (χ3v) is 24.0. The molecule has 6 aromatic carbocycles. The van der Waals surface area contributed by atoms with Gasteiger partial charge in [-0.2, -0.15) is 0 Å². The van der Waals surface area contributed by atoms with Gasteiger partial charge in [0.1, 0.15) is 101 Å². The van der Waals surface area contributed by atoms with Gasteiger partial charge in [-0.05, 0) is 140 Å². The molecule has 0 saturated carbocycles. The number of piperazine rings is 1. The minimum absolute atomic E-state index is 0.135. The number of aliphatic hydroxyl groups excluding tert-OH is 6. The van der Waals surface area contributed by atoms with Crippen LogP contribution in [0.2, 0.25) is 10.0 Å². The highest BCUT2D eigenvalue weighted by Crippen LogP contribution is 2.50. The van der Waals surface area contributed by atoms with E-state index in [1.165, 1.54) is 43.1 Å². The Hall–Kier alpha value is -11.8. The first kappa shape index (κ1) is 99.7. The number of rotatable bonds is 23. The van der Waals surface area contributed by atoms with Crippen LogP contribution in [0.3, 0.4) is 0 Å². The van der Waals surface area contributed by atoms with Gasteiger partial charge in [-0.15, -0.1) is 13.2 Å². The van der Waals surface area contributed by atoms with E-state index in [0.717, 1.165) is 78.9 Å². The number of primary amides is 1. The molecule has 18 atom stereocenters. The van der Waals surface area contributed by atoms with Crippen molar-refractivity contribution in [2.75, 3.05) is 91.2 Å². The molecule has 724 valence electrons. The van der Waals surface area contributed by atoms with Gasteiger partial charge in [-0.25, -0.2) is 15.3 Å². The average Bonchev–Trinajstić information content (AvgIpc) is 0.759. The number of aromatic hydroxyl groups is 3. The summed E-state index contributed by atoms with van der Waals surface area (Å²) in [5.74, 6) is -17.1. The molecule has 22 N–H and O–H groups in total. The summed E-state index contributed by atoms with van der Waals surface area (Å²) in [4.78, 5) is 156.